The molecule has 0 amide bonds. The Balaban J connectivity index is 2.25. The van der Waals surface area contributed by atoms with Crippen LogP contribution in [-0.2, 0) is 6.42 Å². The van der Waals surface area contributed by atoms with Gasteiger partial charge in [0.25, 0.3) is 0 Å². The zero-order chi connectivity index (χ0) is 15.3. The summed E-state index contributed by atoms with van der Waals surface area (Å²) < 4.78 is 1.09. The van der Waals surface area contributed by atoms with E-state index in [9.17, 15) is 0 Å². The molecule has 2 rings (SSSR count). The van der Waals surface area contributed by atoms with Crippen molar-refractivity contribution in [3.05, 3.63) is 64.1 Å². The van der Waals surface area contributed by atoms with E-state index in [1.54, 1.807) is 0 Å². The van der Waals surface area contributed by atoms with Crippen molar-refractivity contribution < 1.29 is 0 Å². The summed E-state index contributed by atoms with van der Waals surface area (Å²) in [6.07, 6.45) is 1.90. The van der Waals surface area contributed by atoms with Crippen molar-refractivity contribution in [1.29, 1.82) is 0 Å². The van der Waals surface area contributed by atoms with E-state index < -0.39 is 0 Å². The summed E-state index contributed by atoms with van der Waals surface area (Å²) in [7, 11) is 0. The number of halogens is 1. The average molecular weight is 347 g/mol. The molecule has 112 valence electrons. The smallest absolute Gasteiger partial charge is 0.0533 e. The van der Waals surface area contributed by atoms with Crippen molar-refractivity contribution >= 4 is 21.6 Å². The second-order valence-corrected chi connectivity index (χ2v) is 6.56. The van der Waals surface area contributed by atoms with Gasteiger partial charge in [0.05, 0.1) is 5.54 Å². The zero-order valence-corrected chi connectivity index (χ0v) is 14.3. The van der Waals surface area contributed by atoms with Crippen molar-refractivity contribution in [2.24, 2.45) is 5.73 Å². The van der Waals surface area contributed by atoms with Crippen LogP contribution in [0.25, 0.3) is 0 Å². The van der Waals surface area contributed by atoms with Crippen LogP contribution in [0, 0.1) is 6.92 Å². The van der Waals surface area contributed by atoms with Gasteiger partial charge in [0.2, 0.25) is 0 Å². The molecule has 0 saturated carbocycles. The van der Waals surface area contributed by atoms with Crippen LogP contribution >= 0.6 is 15.9 Å². The third-order valence-corrected chi connectivity index (χ3v) is 4.36. The standard InChI is InChI=1S/C18H23BrN2/c1-3-18(13-20,12-15-7-5-4-6-8-15)21-17-10-14(2)9-16(19)11-17/h4-11,21H,3,12-13,20H2,1-2H3. The highest BCUT2D eigenvalue weighted by Crippen LogP contribution is 2.26. The molecule has 2 aromatic rings. The average Bonchev–Trinajstić information content (AvgIpc) is 2.46. The van der Waals surface area contributed by atoms with Gasteiger partial charge >= 0.3 is 0 Å². The van der Waals surface area contributed by atoms with E-state index in [-0.39, 0.29) is 5.54 Å². The lowest BCUT2D eigenvalue weighted by Crippen LogP contribution is -2.47. The Labute approximate surface area is 135 Å². The van der Waals surface area contributed by atoms with Crippen LogP contribution in [0.1, 0.15) is 24.5 Å². The second-order valence-electron chi connectivity index (χ2n) is 5.64. The van der Waals surface area contributed by atoms with Crippen LogP contribution in [0.5, 0.6) is 0 Å². The van der Waals surface area contributed by atoms with Crippen LogP contribution in [0.2, 0.25) is 0 Å². The topological polar surface area (TPSA) is 38.0 Å². The Bertz CT molecular complexity index is 557. The fourth-order valence-corrected chi connectivity index (χ4v) is 3.23. The van der Waals surface area contributed by atoms with E-state index >= 15 is 0 Å². The molecule has 1 atom stereocenters. The van der Waals surface area contributed by atoms with Crippen molar-refractivity contribution in [3.63, 3.8) is 0 Å². The van der Waals surface area contributed by atoms with E-state index in [1.807, 2.05) is 6.07 Å². The van der Waals surface area contributed by atoms with E-state index in [0.717, 1.165) is 23.0 Å². The highest BCUT2D eigenvalue weighted by atomic mass is 79.9. The van der Waals surface area contributed by atoms with Crippen molar-refractivity contribution in [2.75, 3.05) is 11.9 Å². The quantitative estimate of drug-likeness (QED) is 0.806. The molecule has 0 aliphatic heterocycles. The number of hydrogen-bond acceptors (Lipinski definition) is 2. The van der Waals surface area contributed by atoms with Crippen LogP contribution in [0.3, 0.4) is 0 Å². The van der Waals surface area contributed by atoms with Gasteiger partial charge in [-0.1, -0.05) is 53.2 Å². The maximum absolute atomic E-state index is 6.12. The van der Waals surface area contributed by atoms with Gasteiger partial charge < -0.3 is 11.1 Å². The summed E-state index contributed by atoms with van der Waals surface area (Å²) in [6, 6.07) is 16.9. The normalized spacial score (nSPS) is 13.7. The Kier molecular flexibility index (Phi) is 5.43. The Morgan fingerprint density at radius 1 is 1.14 bits per heavy atom. The van der Waals surface area contributed by atoms with Gasteiger partial charge in [0, 0.05) is 16.7 Å². The minimum absolute atomic E-state index is 0.116. The van der Waals surface area contributed by atoms with Gasteiger partial charge in [-0.15, -0.1) is 0 Å². The first kappa shape index (κ1) is 16.1. The lowest BCUT2D eigenvalue weighted by molar-refractivity contribution is 0.457. The zero-order valence-electron chi connectivity index (χ0n) is 12.7. The van der Waals surface area contributed by atoms with Gasteiger partial charge in [0.1, 0.15) is 0 Å². The Morgan fingerprint density at radius 2 is 1.86 bits per heavy atom. The molecule has 0 aliphatic carbocycles. The molecule has 2 aromatic carbocycles. The summed E-state index contributed by atoms with van der Waals surface area (Å²) in [5.41, 5.74) is 9.65. The molecule has 0 aliphatic rings. The third-order valence-electron chi connectivity index (χ3n) is 3.90. The number of nitrogens with one attached hydrogen (secondary N) is 1. The van der Waals surface area contributed by atoms with E-state index in [4.69, 9.17) is 5.73 Å². The molecule has 3 heteroatoms. The molecule has 0 saturated heterocycles. The number of benzene rings is 2. The monoisotopic (exact) mass is 346 g/mol. The highest BCUT2D eigenvalue weighted by molar-refractivity contribution is 9.10. The van der Waals surface area contributed by atoms with Crippen LogP contribution in [0.4, 0.5) is 5.69 Å². The molecule has 2 nitrogen and oxygen atoms in total. The number of hydrogen-bond donors (Lipinski definition) is 2. The molecule has 0 aromatic heterocycles. The van der Waals surface area contributed by atoms with Crippen LogP contribution < -0.4 is 11.1 Å². The van der Waals surface area contributed by atoms with Crippen molar-refractivity contribution in [3.8, 4) is 0 Å². The summed E-state index contributed by atoms with van der Waals surface area (Å²) in [5.74, 6) is 0. The van der Waals surface area contributed by atoms with Crippen LogP contribution in [-0.4, -0.2) is 12.1 Å². The van der Waals surface area contributed by atoms with E-state index in [0.29, 0.717) is 6.54 Å². The second kappa shape index (κ2) is 7.10. The first-order valence-corrected chi connectivity index (χ1v) is 8.15. The minimum Gasteiger partial charge on any atom is -0.378 e. The molecular formula is C18H23BrN2. The molecule has 0 bridgehead atoms. The molecule has 0 radical (unpaired) electrons. The van der Waals surface area contributed by atoms with Gasteiger partial charge in [0.15, 0.2) is 0 Å². The largest absolute Gasteiger partial charge is 0.378 e. The first-order valence-electron chi connectivity index (χ1n) is 7.36. The van der Waals surface area contributed by atoms with Crippen molar-refractivity contribution in [2.45, 2.75) is 32.2 Å². The van der Waals surface area contributed by atoms with Gasteiger partial charge in [-0.05, 0) is 49.1 Å². The maximum atomic E-state index is 6.12. The summed E-state index contributed by atoms with van der Waals surface area (Å²) in [4.78, 5) is 0. The Hall–Kier alpha value is -1.32. The number of rotatable bonds is 6. The molecule has 0 heterocycles. The fourth-order valence-electron chi connectivity index (χ4n) is 2.63. The minimum atomic E-state index is -0.116. The number of nitrogens with two attached hydrogens (primary N) is 1. The van der Waals surface area contributed by atoms with Gasteiger partial charge in [-0.3, -0.25) is 0 Å². The number of anilines is 1. The predicted molar refractivity (Wildman–Crippen MR) is 94.7 cm³/mol. The molecule has 0 fully saturated rings. The highest BCUT2D eigenvalue weighted by Gasteiger charge is 2.26. The summed E-state index contributed by atoms with van der Waals surface area (Å²) in [5, 5.41) is 3.67. The van der Waals surface area contributed by atoms with E-state index in [1.165, 1.54) is 11.1 Å². The van der Waals surface area contributed by atoms with Crippen molar-refractivity contribution in [1.82, 2.24) is 0 Å². The number of aryl methyl sites for hydroxylation is 1. The first-order chi connectivity index (χ1) is 10.1. The lowest BCUT2D eigenvalue weighted by Gasteiger charge is -2.34. The maximum Gasteiger partial charge on any atom is 0.0533 e. The summed E-state index contributed by atoms with van der Waals surface area (Å²) in [6.45, 7) is 4.89. The molecular weight excluding hydrogens is 324 g/mol. The third kappa shape index (κ3) is 4.32. The van der Waals surface area contributed by atoms with Gasteiger partial charge in [-0.25, -0.2) is 0 Å². The van der Waals surface area contributed by atoms with Crippen LogP contribution in [0.15, 0.2) is 53.0 Å². The summed E-state index contributed by atoms with van der Waals surface area (Å²) >= 11 is 3.56. The molecule has 1 unspecified atom stereocenters. The molecule has 3 N–H and O–H groups in total. The predicted octanol–water partition coefficient (Wildman–Crippen LogP) is 4.52. The lowest BCUT2D eigenvalue weighted by atomic mass is 9.87. The molecule has 21 heavy (non-hydrogen) atoms. The molecule has 0 spiro atoms. The van der Waals surface area contributed by atoms with Gasteiger partial charge in [-0.2, -0.15) is 0 Å². The fraction of sp³-hybridized carbons (Fsp3) is 0.333. The SMILES string of the molecule is CCC(CN)(Cc1ccccc1)Nc1cc(C)cc(Br)c1. The van der Waals surface area contributed by atoms with E-state index in [2.05, 4.69) is 77.6 Å². The Morgan fingerprint density at radius 3 is 2.43 bits per heavy atom.